The normalized spacial score (nSPS) is 18.4. The van der Waals surface area contributed by atoms with Crippen molar-refractivity contribution >= 4 is 23.3 Å². The van der Waals surface area contributed by atoms with E-state index in [1.54, 1.807) is 27.7 Å². The van der Waals surface area contributed by atoms with Crippen LogP contribution >= 0.6 is 11.6 Å². The molecule has 0 amide bonds. The number of alkyl halides is 2. The number of anilines is 1. The number of halogens is 3. The Balaban J connectivity index is 0.00000117. The fraction of sp³-hybridized carbons (Fsp3) is 0.444. The first kappa shape index (κ1) is 20.2. The summed E-state index contributed by atoms with van der Waals surface area (Å²) in [6.07, 6.45) is 2.83. The van der Waals surface area contributed by atoms with Gasteiger partial charge in [0.25, 0.3) is 5.92 Å². The van der Waals surface area contributed by atoms with Gasteiger partial charge in [-0.1, -0.05) is 38.4 Å². The standard InChI is InChI=1S/C16H16ClF2N3O2.C2H6/c1-10-5-22(8-16(10,18)19)12-3-2-11(13(17)4-12)6-21-7-14(15(23)24)20-9-21;1-2/h2-4,7,9-10H,5-6,8H2,1H3,(H,23,24);1-2H3. The van der Waals surface area contributed by atoms with Gasteiger partial charge >= 0.3 is 5.97 Å². The number of imidazole rings is 1. The molecule has 1 N–H and O–H groups in total. The Labute approximate surface area is 156 Å². The van der Waals surface area contributed by atoms with E-state index in [1.807, 2.05) is 13.8 Å². The summed E-state index contributed by atoms with van der Waals surface area (Å²) in [6, 6.07) is 5.18. The second-order valence-corrected chi connectivity index (χ2v) is 6.46. The molecule has 3 rings (SSSR count). The molecule has 2 heterocycles. The highest BCUT2D eigenvalue weighted by atomic mass is 35.5. The third-order valence-corrected chi connectivity index (χ3v) is 4.58. The zero-order chi connectivity index (χ0) is 19.5. The van der Waals surface area contributed by atoms with E-state index in [9.17, 15) is 13.6 Å². The minimum Gasteiger partial charge on any atom is -0.476 e. The minimum absolute atomic E-state index is 0.0453. The van der Waals surface area contributed by atoms with Crippen molar-refractivity contribution in [3.05, 3.63) is 47.0 Å². The number of hydrogen-bond acceptors (Lipinski definition) is 3. The highest BCUT2D eigenvalue weighted by Crippen LogP contribution is 2.36. The van der Waals surface area contributed by atoms with Crippen LogP contribution in [0.2, 0.25) is 5.02 Å². The number of aromatic nitrogens is 2. The summed E-state index contributed by atoms with van der Waals surface area (Å²) in [4.78, 5) is 16.2. The number of benzene rings is 1. The summed E-state index contributed by atoms with van der Waals surface area (Å²) in [5.41, 5.74) is 1.37. The van der Waals surface area contributed by atoms with Gasteiger partial charge in [-0.2, -0.15) is 0 Å². The molecule has 5 nitrogen and oxygen atoms in total. The van der Waals surface area contributed by atoms with Crippen molar-refractivity contribution in [1.29, 1.82) is 0 Å². The zero-order valence-electron chi connectivity index (χ0n) is 14.9. The third kappa shape index (κ3) is 4.33. The second kappa shape index (κ2) is 8.03. The molecule has 0 radical (unpaired) electrons. The van der Waals surface area contributed by atoms with Crippen LogP contribution in [0.4, 0.5) is 14.5 Å². The maximum Gasteiger partial charge on any atom is 0.356 e. The van der Waals surface area contributed by atoms with Crippen LogP contribution in [0.25, 0.3) is 0 Å². The summed E-state index contributed by atoms with van der Waals surface area (Å²) >= 11 is 6.27. The molecule has 2 aromatic rings. The van der Waals surface area contributed by atoms with Gasteiger partial charge in [0, 0.05) is 35.9 Å². The van der Waals surface area contributed by atoms with Crippen LogP contribution in [0.3, 0.4) is 0 Å². The minimum atomic E-state index is -2.70. The van der Waals surface area contributed by atoms with E-state index in [0.717, 1.165) is 5.56 Å². The molecule has 1 aromatic heterocycles. The Morgan fingerprint density at radius 2 is 2.12 bits per heavy atom. The second-order valence-electron chi connectivity index (χ2n) is 6.05. The molecule has 1 aliphatic heterocycles. The van der Waals surface area contributed by atoms with E-state index in [0.29, 0.717) is 17.3 Å². The van der Waals surface area contributed by atoms with E-state index in [1.165, 1.54) is 19.4 Å². The first-order valence-electron chi connectivity index (χ1n) is 8.42. The number of hydrogen-bond donors (Lipinski definition) is 1. The van der Waals surface area contributed by atoms with Crippen molar-refractivity contribution in [2.75, 3.05) is 18.0 Å². The van der Waals surface area contributed by atoms with E-state index in [2.05, 4.69) is 4.98 Å². The summed E-state index contributed by atoms with van der Waals surface area (Å²) in [7, 11) is 0. The Hall–Kier alpha value is -2.15. The topological polar surface area (TPSA) is 58.4 Å². The molecule has 0 spiro atoms. The summed E-state index contributed by atoms with van der Waals surface area (Å²) in [5.74, 6) is -4.49. The van der Waals surface area contributed by atoms with Crippen LogP contribution in [0.5, 0.6) is 0 Å². The molecule has 0 bridgehead atoms. The molecule has 1 saturated heterocycles. The predicted octanol–water partition coefficient (Wildman–Crippen LogP) is 4.40. The van der Waals surface area contributed by atoms with Gasteiger partial charge in [-0.15, -0.1) is 0 Å². The van der Waals surface area contributed by atoms with Crippen molar-refractivity contribution in [3.8, 4) is 0 Å². The van der Waals surface area contributed by atoms with Gasteiger partial charge < -0.3 is 14.6 Å². The van der Waals surface area contributed by atoms with Gasteiger partial charge in [0.1, 0.15) is 0 Å². The number of rotatable bonds is 4. The monoisotopic (exact) mass is 385 g/mol. The van der Waals surface area contributed by atoms with Gasteiger partial charge in [0.05, 0.1) is 12.9 Å². The summed E-state index contributed by atoms with van der Waals surface area (Å²) in [5, 5.41) is 9.32. The molecular formula is C18H22ClF2N3O2. The number of carbonyl (C=O) groups is 1. The lowest BCUT2D eigenvalue weighted by Gasteiger charge is -2.19. The van der Waals surface area contributed by atoms with Gasteiger partial charge in [0.2, 0.25) is 0 Å². The summed E-state index contributed by atoms with van der Waals surface area (Å²) < 4.78 is 29.0. The Morgan fingerprint density at radius 1 is 1.42 bits per heavy atom. The highest BCUT2D eigenvalue weighted by molar-refractivity contribution is 6.31. The molecule has 0 saturated carbocycles. The Bertz CT molecular complexity index is 780. The molecule has 1 unspecified atom stereocenters. The van der Waals surface area contributed by atoms with E-state index < -0.39 is 17.8 Å². The van der Waals surface area contributed by atoms with Crippen molar-refractivity contribution in [2.24, 2.45) is 5.92 Å². The zero-order valence-corrected chi connectivity index (χ0v) is 15.7. The van der Waals surface area contributed by atoms with Crippen molar-refractivity contribution in [2.45, 2.75) is 33.2 Å². The lowest BCUT2D eigenvalue weighted by molar-refractivity contribution is -0.0137. The van der Waals surface area contributed by atoms with Crippen molar-refractivity contribution in [1.82, 2.24) is 9.55 Å². The maximum atomic E-state index is 13.7. The lowest BCUT2D eigenvalue weighted by atomic mass is 10.1. The SMILES string of the molecule is CC.CC1CN(c2ccc(Cn3cnc(C(=O)O)c3)c(Cl)c2)CC1(F)F. The molecule has 8 heteroatoms. The number of nitrogens with zero attached hydrogens (tertiary/aromatic N) is 3. The van der Waals surface area contributed by atoms with Crippen LogP contribution in [0.1, 0.15) is 36.8 Å². The fourth-order valence-electron chi connectivity index (χ4n) is 2.75. The highest BCUT2D eigenvalue weighted by Gasteiger charge is 2.45. The van der Waals surface area contributed by atoms with Crippen molar-refractivity contribution in [3.63, 3.8) is 0 Å². The van der Waals surface area contributed by atoms with E-state index in [-0.39, 0.29) is 18.8 Å². The molecule has 1 aliphatic rings. The van der Waals surface area contributed by atoms with Gasteiger partial charge in [-0.25, -0.2) is 18.6 Å². The lowest BCUT2D eigenvalue weighted by Crippen LogP contribution is -2.26. The van der Waals surface area contributed by atoms with Crippen molar-refractivity contribution < 1.29 is 18.7 Å². The van der Waals surface area contributed by atoms with Gasteiger partial charge in [0.15, 0.2) is 5.69 Å². The molecule has 1 aromatic carbocycles. The first-order valence-corrected chi connectivity index (χ1v) is 8.80. The molecule has 26 heavy (non-hydrogen) atoms. The van der Waals surface area contributed by atoms with E-state index in [4.69, 9.17) is 16.7 Å². The number of carboxylic acids is 1. The van der Waals surface area contributed by atoms with Crippen LogP contribution in [0, 0.1) is 5.92 Å². The molecule has 1 atom stereocenters. The quantitative estimate of drug-likeness (QED) is 0.847. The van der Waals surface area contributed by atoms with Crippen LogP contribution in [0.15, 0.2) is 30.7 Å². The molecule has 142 valence electrons. The largest absolute Gasteiger partial charge is 0.476 e. The van der Waals surface area contributed by atoms with Gasteiger partial charge in [-0.05, 0) is 17.7 Å². The number of aromatic carboxylic acids is 1. The van der Waals surface area contributed by atoms with E-state index >= 15 is 0 Å². The summed E-state index contributed by atoms with van der Waals surface area (Å²) in [6.45, 7) is 5.86. The van der Waals surface area contributed by atoms with Crippen LogP contribution in [-0.2, 0) is 6.54 Å². The first-order chi connectivity index (χ1) is 12.3. The molecule has 1 fully saturated rings. The predicted molar refractivity (Wildman–Crippen MR) is 97.4 cm³/mol. The number of carboxylic acid groups (broad SMARTS) is 1. The fourth-order valence-corrected chi connectivity index (χ4v) is 2.99. The smallest absolute Gasteiger partial charge is 0.356 e. The molecule has 0 aliphatic carbocycles. The Kier molecular flexibility index (Phi) is 6.23. The molecular weight excluding hydrogens is 364 g/mol. The maximum absolute atomic E-state index is 13.7. The average molecular weight is 386 g/mol. The van der Waals surface area contributed by atoms with Crippen LogP contribution < -0.4 is 4.90 Å². The van der Waals surface area contributed by atoms with Crippen LogP contribution in [-0.4, -0.2) is 39.6 Å². The van der Waals surface area contributed by atoms with Gasteiger partial charge in [-0.3, -0.25) is 0 Å². The Morgan fingerprint density at radius 3 is 2.62 bits per heavy atom. The third-order valence-electron chi connectivity index (χ3n) is 4.22. The average Bonchev–Trinajstić information content (AvgIpc) is 3.16.